The lowest BCUT2D eigenvalue weighted by atomic mass is 9.98. The van der Waals surface area contributed by atoms with Gasteiger partial charge in [0.1, 0.15) is 24.0 Å². The number of hydrogen-bond acceptors (Lipinski definition) is 14. The molecule has 2 fully saturated rings. The fraction of sp³-hybridized carbons (Fsp3) is 0.474. The molecule has 0 aromatic carbocycles. The van der Waals surface area contributed by atoms with Gasteiger partial charge in [0.25, 0.3) is 12.8 Å². The molecule has 1 unspecified atom stereocenters. The molecule has 3 aliphatic heterocycles. The van der Waals surface area contributed by atoms with Gasteiger partial charge in [-0.25, -0.2) is 14.6 Å². The molecule has 16 nitrogen and oxygen atoms in total. The monoisotopic (exact) mass is 569 g/mol. The van der Waals surface area contributed by atoms with E-state index in [1.807, 2.05) is 0 Å². The normalized spacial score (nSPS) is 21.4. The summed E-state index contributed by atoms with van der Waals surface area (Å²) in [5, 5.41) is 29.3. The highest BCUT2D eigenvalue weighted by Crippen LogP contribution is 2.40. The van der Waals surface area contributed by atoms with Crippen LogP contribution in [0.25, 0.3) is 0 Å². The minimum Gasteiger partial charge on any atom is -0.477 e. The maximum absolute atomic E-state index is 13.0. The molecule has 38 heavy (non-hydrogen) atoms. The zero-order chi connectivity index (χ0) is 27.2. The predicted molar refractivity (Wildman–Crippen MR) is 136 cm³/mol. The lowest BCUT2D eigenvalue weighted by molar-refractivity contribution is -0.148. The van der Waals surface area contributed by atoms with Crippen LogP contribution in [0.5, 0.6) is 0 Å². The predicted octanol–water partition coefficient (Wildman–Crippen LogP) is -1.53. The molecule has 2 atom stereocenters. The minimum absolute atomic E-state index is 0.0453. The number of amidine groups is 1. The number of nitrogens with zero attached hydrogens (tertiary/aromatic N) is 7. The summed E-state index contributed by atoms with van der Waals surface area (Å²) >= 11 is 2.17. The van der Waals surface area contributed by atoms with Crippen molar-refractivity contribution >= 4 is 64.0 Å². The van der Waals surface area contributed by atoms with E-state index >= 15 is 0 Å². The van der Waals surface area contributed by atoms with Crippen molar-refractivity contribution in [2.24, 2.45) is 16.2 Å². The minimum atomic E-state index is -1.31. The number of hydrogen-bond donors (Lipinski definition) is 5. The number of piperazine rings is 1. The van der Waals surface area contributed by atoms with Crippen LogP contribution in [-0.4, -0.2) is 116 Å². The van der Waals surface area contributed by atoms with Gasteiger partial charge in [-0.1, -0.05) is 5.16 Å². The van der Waals surface area contributed by atoms with Gasteiger partial charge in [-0.05, 0) is 6.08 Å². The van der Waals surface area contributed by atoms with Gasteiger partial charge in [0.15, 0.2) is 5.13 Å². The second-order valence-electron chi connectivity index (χ2n) is 7.93. The Morgan fingerprint density at radius 3 is 2.87 bits per heavy atom. The van der Waals surface area contributed by atoms with E-state index in [0.29, 0.717) is 31.9 Å². The van der Waals surface area contributed by atoms with Crippen LogP contribution in [0.2, 0.25) is 0 Å². The zero-order valence-corrected chi connectivity index (χ0v) is 21.4. The standard InChI is InChI=1S/C19H24FN11O5S2/c20-9-36-27-13(14-25-19(22)38-28-14)15(32)26-30(8-12(21)29-4-2-23-3-5-29)24-7-10-16(33)31-11(18(34)35)1-6-37-17(10)31/h1,7,10,17,21,23H,2-6,8-9H2,(H,26,32)(H,34,35)(H2,22,25,28)/t10?,17-/m0/s1. The number of nitrogen functional groups attached to an aromatic ring is 1. The third-order valence-electron chi connectivity index (χ3n) is 5.58. The van der Waals surface area contributed by atoms with E-state index in [0.717, 1.165) is 16.7 Å². The fourth-order valence-corrected chi connectivity index (χ4v) is 5.43. The number of hydrazone groups is 1. The molecule has 4 heterocycles. The van der Waals surface area contributed by atoms with Crippen LogP contribution >= 0.6 is 23.3 Å². The number of hydrazine groups is 1. The molecule has 0 saturated carbocycles. The number of β-lactam (4-membered cyclic amide) rings is 1. The van der Waals surface area contributed by atoms with E-state index in [-0.39, 0.29) is 29.0 Å². The Balaban J connectivity index is 1.52. The van der Waals surface area contributed by atoms with Crippen LogP contribution in [0, 0.1) is 11.3 Å². The number of halogens is 1. The first-order valence-corrected chi connectivity index (χ1v) is 13.0. The highest BCUT2D eigenvalue weighted by atomic mass is 32.2. The van der Waals surface area contributed by atoms with Gasteiger partial charge in [0.2, 0.25) is 17.4 Å². The summed E-state index contributed by atoms with van der Waals surface area (Å²) in [6, 6.07) is 0. The molecule has 0 bridgehead atoms. The topological polar surface area (TPSA) is 215 Å². The first-order chi connectivity index (χ1) is 18.3. The van der Waals surface area contributed by atoms with Crippen molar-refractivity contribution in [2.45, 2.75) is 5.37 Å². The van der Waals surface area contributed by atoms with Gasteiger partial charge in [-0.2, -0.15) is 19.6 Å². The molecule has 4 rings (SSSR count). The number of nitrogens with one attached hydrogen (secondary N) is 3. The first kappa shape index (κ1) is 27.2. The lowest BCUT2D eigenvalue weighted by Gasteiger charge is -2.46. The molecule has 204 valence electrons. The zero-order valence-electron chi connectivity index (χ0n) is 19.7. The molecule has 19 heteroatoms. The van der Waals surface area contributed by atoms with Gasteiger partial charge in [-0.15, -0.1) is 11.8 Å². The number of carbonyl (C=O) groups is 3. The second kappa shape index (κ2) is 12.1. The molecule has 6 N–H and O–H groups in total. The SMILES string of the molecule is N=C(CN(N=CC1C(=O)N2C(C(=O)O)=CCS[C@@H]12)NC(=O)C(=NOCF)c1nsc(N)n1)N1CCNCC1. The summed E-state index contributed by atoms with van der Waals surface area (Å²) in [4.78, 5) is 48.4. The van der Waals surface area contributed by atoms with Crippen molar-refractivity contribution in [3.8, 4) is 0 Å². The van der Waals surface area contributed by atoms with Crippen molar-refractivity contribution in [1.29, 1.82) is 5.41 Å². The van der Waals surface area contributed by atoms with E-state index in [2.05, 4.69) is 35.2 Å². The molecular weight excluding hydrogens is 545 g/mol. The summed E-state index contributed by atoms with van der Waals surface area (Å²) in [7, 11) is 0. The summed E-state index contributed by atoms with van der Waals surface area (Å²) in [6.45, 7) is 1.01. The third-order valence-corrected chi connectivity index (χ3v) is 7.32. The van der Waals surface area contributed by atoms with Gasteiger partial charge >= 0.3 is 5.97 Å². The van der Waals surface area contributed by atoms with Crippen LogP contribution in [-0.2, 0) is 19.2 Å². The average molecular weight is 570 g/mol. The maximum atomic E-state index is 13.0. The molecule has 2 saturated heterocycles. The van der Waals surface area contributed by atoms with Gasteiger partial charge in [0.05, 0.1) is 5.37 Å². The average Bonchev–Trinajstić information content (AvgIpc) is 3.34. The Kier molecular flexibility index (Phi) is 8.69. The molecular formula is C19H24FN11O5S2. The summed E-state index contributed by atoms with van der Waals surface area (Å²) in [6.07, 6.45) is 2.76. The Hall–Kier alpha value is -3.84. The molecule has 1 aromatic rings. The third kappa shape index (κ3) is 6.00. The fourth-order valence-electron chi connectivity index (χ4n) is 3.78. The van der Waals surface area contributed by atoms with Gasteiger partial charge in [-0.3, -0.25) is 19.9 Å². The highest BCUT2D eigenvalue weighted by Gasteiger charge is 2.51. The maximum Gasteiger partial charge on any atom is 0.352 e. The van der Waals surface area contributed by atoms with E-state index < -0.39 is 41.6 Å². The number of amides is 2. The molecule has 1 aromatic heterocycles. The van der Waals surface area contributed by atoms with Crippen molar-refractivity contribution in [3.63, 3.8) is 0 Å². The Morgan fingerprint density at radius 2 is 2.21 bits per heavy atom. The Bertz CT molecular complexity index is 1190. The number of carboxylic acids is 1. The number of carboxylic acid groups (broad SMARTS) is 1. The number of oxime groups is 1. The quantitative estimate of drug-likeness (QED) is 0.0939. The number of alkyl halides is 1. The summed E-state index contributed by atoms with van der Waals surface area (Å²) < 4.78 is 16.5. The number of rotatable bonds is 10. The smallest absolute Gasteiger partial charge is 0.352 e. The summed E-state index contributed by atoms with van der Waals surface area (Å²) in [5.74, 6) is -2.98. The lowest BCUT2D eigenvalue weighted by Crippen LogP contribution is -2.61. The van der Waals surface area contributed by atoms with Crippen LogP contribution in [0.3, 0.4) is 0 Å². The van der Waals surface area contributed by atoms with Crippen molar-refractivity contribution < 1.29 is 28.7 Å². The second-order valence-corrected chi connectivity index (χ2v) is 9.87. The van der Waals surface area contributed by atoms with Gasteiger partial charge < -0.3 is 25.9 Å². The molecule has 0 aliphatic carbocycles. The molecule has 2 amide bonds. The van der Waals surface area contributed by atoms with Gasteiger partial charge in [0, 0.05) is 49.7 Å². The summed E-state index contributed by atoms with van der Waals surface area (Å²) in [5.41, 5.74) is 7.47. The van der Waals surface area contributed by atoms with Crippen molar-refractivity contribution in [1.82, 2.24) is 35.0 Å². The van der Waals surface area contributed by atoms with E-state index in [1.165, 1.54) is 29.0 Å². The number of thioether (sulfide) groups is 1. The molecule has 0 spiro atoms. The van der Waals surface area contributed by atoms with Crippen LogP contribution in [0.4, 0.5) is 9.52 Å². The number of nitrogens with two attached hydrogens (primary N) is 1. The first-order valence-electron chi connectivity index (χ1n) is 11.2. The Morgan fingerprint density at radius 1 is 1.45 bits per heavy atom. The number of aliphatic carboxylic acids is 1. The number of fused-ring (bicyclic) bond motifs is 1. The van der Waals surface area contributed by atoms with Crippen LogP contribution in [0.1, 0.15) is 5.82 Å². The molecule has 0 radical (unpaired) electrons. The van der Waals surface area contributed by atoms with Crippen LogP contribution < -0.4 is 16.5 Å². The van der Waals surface area contributed by atoms with Crippen molar-refractivity contribution in [2.75, 3.05) is 51.1 Å². The van der Waals surface area contributed by atoms with E-state index in [4.69, 9.17) is 11.1 Å². The van der Waals surface area contributed by atoms with Crippen molar-refractivity contribution in [3.05, 3.63) is 17.6 Å². The van der Waals surface area contributed by atoms with E-state index in [9.17, 15) is 23.9 Å². The number of anilines is 1. The van der Waals surface area contributed by atoms with Crippen LogP contribution in [0.15, 0.2) is 22.0 Å². The largest absolute Gasteiger partial charge is 0.477 e. The number of aromatic nitrogens is 2. The molecule has 3 aliphatic rings. The Labute approximate surface area is 223 Å². The number of carbonyl (C=O) groups excluding carboxylic acids is 2. The highest BCUT2D eigenvalue weighted by molar-refractivity contribution is 8.00. The van der Waals surface area contributed by atoms with E-state index in [1.54, 1.807) is 4.90 Å².